The Balaban J connectivity index is 1.99. The zero-order valence-corrected chi connectivity index (χ0v) is 12.2. The molecule has 4 nitrogen and oxygen atoms in total. The van der Waals surface area contributed by atoms with Gasteiger partial charge in [0.1, 0.15) is 0 Å². The van der Waals surface area contributed by atoms with Gasteiger partial charge in [0.05, 0.1) is 12.6 Å². The summed E-state index contributed by atoms with van der Waals surface area (Å²) in [4.78, 5) is 13.7. The second-order valence-corrected chi connectivity index (χ2v) is 5.36. The number of hydrogen-bond donors (Lipinski definition) is 2. The normalized spacial score (nSPS) is 18.8. The molecule has 0 bridgehead atoms. The van der Waals surface area contributed by atoms with Crippen LogP contribution in [0.3, 0.4) is 0 Å². The molecule has 0 aromatic heterocycles. The number of carbonyl (C=O) groups is 1. The molecule has 112 valence electrons. The Morgan fingerprint density at radius 3 is 2.76 bits per heavy atom. The number of piperidine rings is 1. The van der Waals surface area contributed by atoms with Crippen molar-refractivity contribution in [3.63, 3.8) is 0 Å². The van der Waals surface area contributed by atoms with Gasteiger partial charge in [-0.2, -0.15) is 0 Å². The quantitative estimate of drug-likeness (QED) is 0.819. The van der Waals surface area contributed by atoms with Crippen molar-refractivity contribution in [2.45, 2.75) is 38.3 Å². The van der Waals surface area contributed by atoms with Crippen LogP contribution in [0.4, 0.5) is 0 Å². The minimum absolute atomic E-state index is 0.0918. The number of rotatable bonds is 4. The number of nitrogens with zero attached hydrogens (tertiary/aromatic N) is 1. The van der Waals surface area contributed by atoms with E-state index in [1.807, 2.05) is 24.3 Å². The molecule has 4 heteroatoms. The van der Waals surface area contributed by atoms with E-state index in [1.165, 1.54) is 0 Å². The topological polar surface area (TPSA) is 66.6 Å². The molecule has 1 aliphatic rings. The maximum Gasteiger partial charge on any atom is 0.234 e. The van der Waals surface area contributed by atoms with E-state index >= 15 is 0 Å². The molecule has 0 saturated carbocycles. The van der Waals surface area contributed by atoms with E-state index in [9.17, 15) is 4.79 Å². The van der Waals surface area contributed by atoms with Gasteiger partial charge in [-0.15, -0.1) is 0 Å². The summed E-state index contributed by atoms with van der Waals surface area (Å²) in [6.45, 7) is 1.76. The molecule has 0 radical (unpaired) electrons. The van der Waals surface area contributed by atoms with Gasteiger partial charge >= 0.3 is 0 Å². The lowest BCUT2D eigenvalue weighted by Crippen LogP contribution is -2.47. The lowest BCUT2D eigenvalue weighted by atomic mass is 10.0. The van der Waals surface area contributed by atoms with Crippen LogP contribution in [-0.4, -0.2) is 35.1 Å². The summed E-state index contributed by atoms with van der Waals surface area (Å²) in [5, 5.41) is 8.69. The molecular weight excluding hydrogens is 264 g/mol. The second kappa shape index (κ2) is 7.82. The van der Waals surface area contributed by atoms with Crippen molar-refractivity contribution in [2.75, 3.05) is 13.2 Å². The van der Waals surface area contributed by atoms with Gasteiger partial charge in [-0.3, -0.25) is 9.69 Å². The van der Waals surface area contributed by atoms with E-state index in [2.05, 4.69) is 16.7 Å². The number of nitrogens with two attached hydrogens (primary N) is 1. The van der Waals surface area contributed by atoms with Gasteiger partial charge in [-0.1, -0.05) is 30.4 Å². The SMILES string of the molecule is NC(=O)C1CCCCN1Cc1ccc(C#CCCO)cc1. The number of likely N-dealkylation sites (tertiary alicyclic amines) is 1. The summed E-state index contributed by atoms with van der Waals surface area (Å²) in [6.07, 6.45) is 3.55. The predicted molar refractivity (Wildman–Crippen MR) is 82.3 cm³/mol. The van der Waals surface area contributed by atoms with Gasteiger partial charge in [-0.05, 0) is 37.1 Å². The zero-order valence-electron chi connectivity index (χ0n) is 12.2. The Morgan fingerprint density at radius 2 is 2.10 bits per heavy atom. The van der Waals surface area contributed by atoms with Crippen molar-refractivity contribution in [1.29, 1.82) is 0 Å². The van der Waals surface area contributed by atoms with Crippen molar-refractivity contribution in [1.82, 2.24) is 4.90 Å². The Labute approximate surface area is 125 Å². The van der Waals surface area contributed by atoms with Gasteiger partial charge < -0.3 is 10.8 Å². The molecule has 1 unspecified atom stereocenters. The Kier molecular flexibility index (Phi) is 5.79. The fourth-order valence-electron chi connectivity index (χ4n) is 2.65. The number of aliphatic hydroxyl groups excluding tert-OH is 1. The van der Waals surface area contributed by atoms with Crippen molar-refractivity contribution in [2.24, 2.45) is 5.73 Å². The molecule has 2 rings (SSSR count). The molecule has 0 spiro atoms. The smallest absolute Gasteiger partial charge is 0.234 e. The highest BCUT2D eigenvalue weighted by atomic mass is 16.2. The van der Waals surface area contributed by atoms with Crippen LogP contribution in [0.25, 0.3) is 0 Å². The van der Waals surface area contributed by atoms with Crippen molar-refractivity contribution < 1.29 is 9.90 Å². The Morgan fingerprint density at radius 1 is 1.33 bits per heavy atom. The van der Waals surface area contributed by atoms with Crippen LogP contribution in [0.2, 0.25) is 0 Å². The van der Waals surface area contributed by atoms with Crippen LogP contribution >= 0.6 is 0 Å². The molecule has 21 heavy (non-hydrogen) atoms. The number of amides is 1. The minimum atomic E-state index is -0.221. The second-order valence-electron chi connectivity index (χ2n) is 5.36. The third kappa shape index (κ3) is 4.59. The van der Waals surface area contributed by atoms with Crippen LogP contribution < -0.4 is 5.73 Å². The maximum absolute atomic E-state index is 11.5. The summed E-state index contributed by atoms with van der Waals surface area (Å²) >= 11 is 0. The zero-order chi connectivity index (χ0) is 15.1. The van der Waals surface area contributed by atoms with Crippen LogP contribution in [0.15, 0.2) is 24.3 Å². The first-order valence-corrected chi connectivity index (χ1v) is 7.43. The molecular formula is C17H22N2O2. The molecule has 1 heterocycles. The first-order chi connectivity index (χ1) is 10.2. The van der Waals surface area contributed by atoms with Crippen LogP contribution in [0, 0.1) is 11.8 Å². The van der Waals surface area contributed by atoms with Gasteiger partial charge in [-0.25, -0.2) is 0 Å². The summed E-state index contributed by atoms with van der Waals surface area (Å²) in [5.41, 5.74) is 7.59. The van der Waals surface area contributed by atoms with E-state index in [1.54, 1.807) is 0 Å². The average Bonchev–Trinajstić information content (AvgIpc) is 2.50. The highest BCUT2D eigenvalue weighted by molar-refractivity contribution is 5.79. The van der Waals surface area contributed by atoms with Gasteiger partial charge in [0, 0.05) is 18.5 Å². The molecule has 1 atom stereocenters. The fraction of sp³-hybridized carbons (Fsp3) is 0.471. The van der Waals surface area contributed by atoms with E-state index in [0.29, 0.717) is 6.42 Å². The lowest BCUT2D eigenvalue weighted by molar-refractivity contribution is -0.124. The molecule has 0 aliphatic carbocycles. The lowest BCUT2D eigenvalue weighted by Gasteiger charge is -2.33. The number of aliphatic hydroxyl groups is 1. The standard InChI is InChI=1S/C17H22N2O2/c18-17(21)16-6-1-3-11-19(16)13-15-9-7-14(8-10-15)5-2-4-12-20/h7-10,16,20H,1,3-4,6,11-13H2,(H2,18,21). The summed E-state index contributed by atoms with van der Waals surface area (Å²) in [7, 11) is 0. The van der Waals surface area contributed by atoms with Crippen molar-refractivity contribution in [3.05, 3.63) is 35.4 Å². The molecule has 1 aliphatic heterocycles. The first kappa shape index (κ1) is 15.6. The van der Waals surface area contributed by atoms with Crippen LogP contribution in [0.5, 0.6) is 0 Å². The third-order valence-corrected chi connectivity index (χ3v) is 3.75. The predicted octanol–water partition coefficient (Wildman–Crippen LogP) is 1.26. The van der Waals surface area contributed by atoms with E-state index in [0.717, 1.165) is 43.5 Å². The number of carbonyl (C=O) groups excluding carboxylic acids is 1. The highest BCUT2D eigenvalue weighted by Gasteiger charge is 2.26. The van der Waals surface area contributed by atoms with Crippen LogP contribution in [-0.2, 0) is 11.3 Å². The van der Waals surface area contributed by atoms with Crippen molar-refractivity contribution in [3.8, 4) is 11.8 Å². The number of hydrogen-bond acceptors (Lipinski definition) is 3. The third-order valence-electron chi connectivity index (χ3n) is 3.75. The fourth-order valence-corrected chi connectivity index (χ4v) is 2.65. The summed E-state index contributed by atoms with van der Waals surface area (Å²) < 4.78 is 0. The van der Waals surface area contributed by atoms with Crippen molar-refractivity contribution >= 4 is 5.91 Å². The number of benzene rings is 1. The molecule has 1 aromatic rings. The van der Waals surface area contributed by atoms with E-state index in [-0.39, 0.29) is 18.6 Å². The van der Waals surface area contributed by atoms with E-state index in [4.69, 9.17) is 10.8 Å². The summed E-state index contributed by atoms with van der Waals surface area (Å²) in [5.74, 6) is 5.69. The minimum Gasteiger partial charge on any atom is -0.395 e. The van der Waals surface area contributed by atoms with Gasteiger partial charge in [0.25, 0.3) is 0 Å². The Hall–Kier alpha value is -1.83. The van der Waals surface area contributed by atoms with Crippen LogP contribution in [0.1, 0.15) is 36.8 Å². The summed E-state index contributed by atoms with van der Waals surface area (Å²) in [6, 6.07) is 7.89. The highest BCUT2D eigenvalue weighted by Crippen LogP contribution is 2.19. The molecule has 1 amide bonds. The first-order valence-electron chi connectivity index (χ1n) is 7.43. The van der Waals surface area contributed by atoms with Gasteiger partial charge in [0.2, 0.25) is 5.91 Å². The molecule has 1 aromatic carbocycles. The largest absolute Gasteiger partial charge is 0.395 e. The van der Waals surface area contributed by atoms with Gasteiger partial charge in [0.15, 0.2) is 0 Å². The average molecular weight is 286 g/mol. The van der Waals surface area contributed by atoms with E-state index < -0.39 is 0 Å². The monoisotopic (exact) mass is 286 g/mol. The maximum atomic E-state index is 11.5. The number of primary amides is 1. The molecule has 1 fully saturated rings. The Bertz CT molecular complexity index is 528. The molecule has 1 saturated heterocycles. The molecule has 3 N–H and O–H groups in total.